The van der Waals surface area contributed by atoms with Crippen molar-refractivity contribution in [1.82, 2.24) is 5.32 Å². The number of nitrogens with one attached hydrogen (secondary N) is 1. The predicted octanol–water partition coefficient (Wildman–Crippen LogP) is 2.40. The Kier molecular flexibility index (Phi) is 1.70. The summed E-state index contributed by atoms with van der Waals surface area (Å²) in [4.78, 5) is 0. The van der Waals surface area contributed by atoms with Crippen LogP contribution in [0.2, 0.25) is 0 Å². The molecule has 0 aromatic heterocycles. The van der Waals surface area contributed by atoms with Gasteiger partial charge in [0, 0.05) is 17.0 Å². The van der Waals surface area contributed by atoms with Crippen LogP contribution >= 0.6 is 0 Å². The summed E-state index contributed by atoms with van der Waals surface area (Å²) in [6, 6.07) is 7.41. The molecule has 18 heavy (non-hydrogen) atoms. The lowest BCUT2D eigenvalue weighted by atomic mass is 9.52. The van der Waals surface area contributed by atoms with E-state index in [1.807, 2.05) is 0 Å². The minimum atomic E-state index is 0.373. The van der Waals surface area contributed by atoms with Crippen molar-refractivity contribution in [2.24, 2.45) is 5.92 Å². The Hall–Kier alpha value is -1.02. The summed E-state index contributed by atoms with van der Waals surface area (Å²) >= 11 is 0. The molecule has 1 saturated carbocycles. The SMILES string of the molecule is c1cc2c3c(c1)O[C@H]1CCCC4[C@@H](C2)NCC[C@@]341. The first kappa shape index (κ1) is 9.85. The van der Waals surface area contributed by atoms with Crippen LogP contribution < -0.4 is 10.1 Å². The van der Waals surface area contributed by atoms with E-state index in [0.29, 0.717) is 17.6 Å². The second-order valence-electron chi connectivity index (χ2n) is 6.49. The largest absolute Gasteiger partial charge is 0.489 e. The van der Waals surface area contributed by atoms with E-state index in [1.165, 1.54) is 44.4 Å². The quantitative estimate of drug-likeness (QED) is 0.753. The van der Waals surface area contributed by atoms with Gasteiger partial charge in [-0.1, -0.05) is 12.1 Å². The first-order valence-corrected chi connectivity index (χ1v) is 7.42. The standard InChI is InChI=1S/C16H19NO/c1-3-10-9-12-11-4-2-6-14-16(11,7-8-17-12)15(10)13(5-1)18-14/h1,3,5,11-12,14,17H,2,4,6-9H2/t11?,12-,14+,16-/m1/s1. The normalized spacial score (nSPS) is 43.2. The lowest BCUT2D eigenvalue weighted by molar-refractivity contribution is 0.00338. The van der Waals surface area contributed by atoms with Gasteiger partial charge >= 0.3 is 0 Å². The average Bonchev–Trinajstić information content (AvgIpc) is 2.70. The van der Waals surface area contributed by atoms with Crippen molar-refractivity contribution in [2.45, 2.75) is 49.7 Å². The zero-order valence-electron chi connectivity index (χ0n) is 10.6. The molecule has 1 unspecified atom stereocenters. The fourth-order valence-corrected chi connectivity index (χ4v) is 5.40. The van der Waals surface area contributed by atoms with Crippen molar-refractivity contribution in [3.05, 3.63) is 29.3 Å². The first-order chi connectivity index (χ1) is 8.89. The van der Waals surface area contributed by atoms with Crippen molar-refractivity contribution >= 4 is 0 Å². The van der Waals surface area contributed by atoms with Gasteiger partial charge in [-0.05, 0) is 56.2 Å². The van der Waals surface area contributed by atoms with Gasteiger partial charge in [-0.25, -0.2) is 0 Å². The molecule has 5 rings (SSSR count). The maximum atomic E-state index is 6.35. The molecule has 2 aliphatic carbocycles. The molecule has 2 heteroatoms. The maximum absolute atomic E-state index is 6.35. The van der Waals surface area contributed by atoms with Crippen molar-refractivity contribution < 1.29 is 4.74 Å². The molecular formula is C16H19NO. The lowest BCUT2D eigenvalue weighted by Crippen LogP contribution is -2.63. The number of ether oxygens (including phenoxy) is 1. The van der Waals surface area contributed by atoms with Crippen LogP contribution in [0.4, 0.5) is 0 Å². The Labute approximate surface area is 108 Å². The van der Waals surface area contributed by atoms with Crippen molar-refractivity contribution in [1.29, 1.82) is 0 Å². The summed E-state index contributed by atoms with van der Waals surface area (Å²) in [5.41, 5.74) is 3.54. The molecule has 2 nitrogen and oxygen atoms in total. The van der Waals surface area contributed by atoms with Crippen LogP contribution in [-0.2, 0) is 11.8 Å². The zero-order chi connectivity index (χ0) is 11.7. The molecule has 0 amide bonds. The van der Waals surface area contributed by atoms with E-state index in [-0.39, 0.29) is 0 Å². The van der Waals surface area contributed by atoms with Crippen molar-refractivity contribution in [2.75, 3.05) is 6.54 Å². The summed E-state index contributed by atoms with van der Waals surface area (Å²) in [5.74, 6) is 2.03. The lowest BCUT2D eigenvalue weighted by Gasteiger charge is -2.55. The van der Waals surface area contributed by atoms with Gasteiger partial charge in [0.2, 0.25) is 0 Å². The number of hydrogen-bond donors (Lipinski definition) is 1. The maximum Gasteiger partial charge on any atom is 0.123 e. The molecule has 2 fully saturated rings. The summed E-state index contributed by atoms with van der Waals surface area (Å²) < 4.78 is 6.35. The number of rotatable bonds is 0. The van der Waals surface area contributed by atoms with Gasteiger partial charge in [0.15, 0.2) is 0 Å². The van der Waals surface area contributed by atoms with Crippen LogP contribution in [0.3, 0.4) is 0 Å². The highest BCUT2D eigenvalue weighted by Crippen LogP contribution is 2.60. The van der Waals surface area contributed by atoms with Crippen LogP contribution in [0, 0.1) is 5.92 Å². The second kappa shape index (κ2) is 3.11. The fraction of sp³-hybridized carbons (Fsp3) is 0.625. The molecule has 1 N–H and O–H groups in total. The number of piperidine rings is 1. The fourth-order valence-electron chi connectivity index (χ4n) is 5.40. The minimum absolute atomic E-state index is 0.373. The average molecular weight is 241 g/mol. The molecule has 1 saturated heterocycles. The Morgan fingerprint density at radius 2 is 2.28 bits per heavy atom. The Morgan fingerprint density at radius 3 is 3.28 bits per heavy atom. The minimum Gasteiger partial charge on any atom is -0.489 e. The molecule has 2 bridgehead atoms. The number of benzene rings is 1. The third-order valence-corrected chi connectivity index (χ3v) is 5.94. The molecule has 2 aliphatic heterocycles. The van der Waals surface area contributed by atoms with Crippen LogP contribution in [0.1, 0.15) is 36.8 Å². The summed E-state index contributed by atoms with van der Waals surface area (Å²) in [6.07, 6.45) is 6.97. The van der Waals surface area contributed by atoms with Gasteiger partial charge in [0.05, 0.1) is 0 Å². The molecule has 4 atom stereocenters. The van der Waals surface area contributed by atoms with Gasteiger partial charge < -0.3 is 10.1 Å². The Bertz CT molecular complexity index is 526. The van der Waals surface area contributed by atoms with E-state index in [2.05, 4.69) is 23.5 Å². The van der Waals surface area contributed by atoms with Crippen LogP contribution in [0.25, 0.3) is 0 Å². The molecule has 1 aromatic carbocycles. The van der Waals surface area contributed by atoms with Gasteiger partial charge in [0.1, 0.15) is 11.9 Å². The summed E-state index contributed by atoms with van der Waals surface area (Å²) in [5, 5.41) is 3.77. The Morgan fingerprint density at radius 1 is 1.28 bits per heavy atom. The predicted molar refractivity (Wildman–Crippen MR) is 70.0 cm³/mol. The monoisotopic (exact) mass is 241 g/mol. The van der Waals surface area contributed by atoms with Crippen molar-refractivity contribution in [3.63, 3.8) is 0 Å². The van der Waals surface area contributed by atoms with Crippen LogP contribution in [-0.4, -0.2) is 18.7 Å². The van der Waals surface area contributed by atoms with Crippen LogP contribution in [0.15, 0.2) is 18.2 Å². The third-order valence-electron chi connectivity index (χ3n) is 5.94. The van der Waals surface area contributed by atoms with E-state index in [0.717, 1.165) is 5.92 Å². The zero-order valence-corrected chi connectivity index (χ0v) is 10.6. The molecule has 1 spiro atoms. The van der Waals surface area contributed by atoms with E-state index in [9.17, 15) is 0 Å². The van der Waals surface area contributed by atoms with Gasteiger partial charge in [0.25, 0.3) is 0 Å². The van der Waals surface area contributed by atoms with Gasteiger partial charge in [-0.3, -0.25) is 0 Å². The molecular weight excluding hydrogens is 222 g/mol. The molecule has 94 valence electrons. The van der Waals surface area contributed by atoms with Gasteiger partial charge in [-0.2, -0.15) is 0 Å². The smallest absolute Gasteiger partial charge is 0.123 e. The second-order valence-corrected chi connectivity index (χ2v) is 6.49. The molecule has 0 radical (unpaired) electrons. The number of hydrogen-bond acceptors (Lipinski definition) is 2. The van der Waals surface area contributed by atoms with E-state index < -0.39 is 0 Å². The molecule has 1 aromatic rings. The highest BCUT2D eigenvalue weighted by atomic mass is 16.5. The molecule has 2 heterocycles. The van der Waals surface area contributed by atoms with E-state index in [4.69, 9.17) is 4.74 Å². The molecule has 4 aliphatic rings. The van der Waals surface area contributed by atoms with Crippen molar-refractivity contribution in [3.8, 4) is 5.75 Å². The highest BCUT2D eigenvalue weighted by Gasteiger charge is 2.61. The summed E-state index contributed by atoms with van der Waals surface area (Å²) in [7, 11) is 0. The van der Waals surface area contributed by atoms with Gasteiger partial charge in [-0.15, -0.1) is 0 Å². The van der Waals surface area contributed by atoms with E-state index in [1.54, 1.807) is 11.1 Å². The first-order valence-electron chi connectivity index (χ1n) is 7.42. The highest BCUT2D eigenvalue weighted by molar-refractivity contribution is 5.54. The summed E-state index contributed by atoms with van der Waals surface area (Å²) in [6.45, 7) is 1.18. The van der Waals surface area contributed by atoms with Crippen LogP contribution in [0.5, 0.6) is 5.75 Å². The Balaban J connectivity index is 1.83. The third kappa shape index (κ3) is 0.934. The topological polar surface area (TPSA) is 21.3 Å². The van der Waals surface area contributed by atoms with E-state index >= 15 is 0 Å².